The molecule has 3 fully saturated rings. The number of nitrogens with one attached hydrogen (secondary N) is 1. The van der Waals surface area contributed by atoms with Crippen LogP contribution in [0.15, 0.2) is 44.3 Å². The molecule has 2 aliphatic carbocycles. The van der Waals surface area contributed by atoms with Crippen LogP contribution in [-0.2, 0) is 9.84 Å². The van der Waals surface area contributed by atoms with Crippen LogP contribution < -0.4 is 10.2 Å². The number of aromatic nitrogens is 1. The molecule has 168 valence electrons. The predicted octanol–water partition coefficient (Wildman–Crippen LogP) is 3.66. The van der Waals surface area contributed by atoms with Crippen molar-refractivity contribution in [2.24, 2.45) is 11.3 Å². The molecule has 1 aliphatic heterocycles. The zero-order chi connectivity index (χ0) is 22.1. The molecule has 10 heteroatoms. The molecule has 2 saturated carbocycles. The van der Waals surface area contributed by atoms with Gasteiger partial charge in [-0.15, -0.1) is 0 Å². The summed E-state index contributed by atoms with van der Waals surface area (Å²) in [4.78, 5) is 19.1. The number of nitrogens with zero attached hydrogens (tertiary/aromatic N) is 2. The number of fused-ring (bicyclic) bond motifs is 1. The Labute approximate surface area is 189 Å². The summed E-state index contributed by atoms with van der Waals surface area (Å²) >= 11 is 6.01. The summed E-state index contributed by atoms with van der Waals surface area (Å²) in [5, 5.41) is 3.46. The monoisotopic (exact) mass is 475 g/mol. The van der Waals surface area contributed by atoms with Crippen molar-refractivity contribution in [2.45, 2.75) is 36.8 Å². The lowest BCUT2D eigenvalue weighted by Gasteiger charge is -2.58. The number of anilines is 1. The lowest BCUT2D eigenvalue weighted by atomic mass is 9.61. The first kappa shape index (κ1) is 20.1. The van der Waals surface area contributed by atoms with Crippen LogP contribution >= 0.6 is 11.6 Å². The minimum absolute atomic E-state index is 0.0423. The number of rotatable bonds is 6. The first-order valence-corrected chi connectivity index (χ1v) is 12.8. The number of amides is 1. The fourth-order valence-corrected chi connectivity index (χ4v) is 6.59. The number of furan rings is 1. The quantitative estimate of drug-likeness (QED) is 0.579. The fraction of sp³-hybridized carbons (Fsp3) is 0.455. The standard InChI is InChI=1S/C22H22ClN3O5S/c23-14-3-4-17-16(7-14)25-21(31-17)26-11-22(12-26)8-15(9-22)24-20(27)18-5-6-19(30-18)32(28,29)10-13-1-2-13/h3-7,13,15H,1-2,8-12H2,(H,24,27). The summed E-state index contributed by atoms with van der Waals surface area (Å²) in [6.07, 6.45) is 3.59. The minimum atomic E-state index is -3.46. The lowest BCUT2D eigenvalue weighted by molar-refractivity contribution is 0.0403. The highest BCUT2D eigenvalue weighted by atomic mass is 35.5. The van der Waals surface area contributed by atoms with E-state index in [9.17, 15) is 13.2 Å². The van der Waals surface area contributed by atoms with Gasteiger partial charge in [0.25, 0.3) is 11.9 Å². The Morgan fingerprint density at radius 1 is 1.19 bits per heavy atom. The van der Waals surface area contributed by atoms with Crippen molar-refractivity contribution in [1.29, 1.82) is 0 Å². The number of hydrogen-bond donors (Lipinski definition) is 1. The predicted molar refractivity (Wildman–Crippen MR) is 118 cm³/mol. The molecular weight excluding hydrogens is 454 g/mol. The van der Waals surface area contributed by atoms with E-state index < -0.39 is 9.84 Å². The van der Waals surface area contributed by atoms with Gasteiger partial charge in [-0.25, -0.2) is 8.42 Å². The number of carbonyl (C=O) groups is 1. The van der Waals surface area contributed by atoms with Crippen LogP contribution in [0.2, 0.25) is 5.02 Å². The highest BCUT2D eigenvalue weighted by Gasteiger charge is 2.54. The number of sulfone groups is 1. The third-order valence-electron chi connectivity index (χ3n) is 6.62. The van der Waals surface area contributed by atoms with Gasteiger partial charge in [-0.05, 0) is 61.9 Å². The van der Waals surface area contributed by atoms with Crippen molar-refractivity contribution < 1.29 is 22.0 Å². The van der Waals surface area contributed by atoms with Gasteiger partial charge in [0.05, 0.1) is 5.75 Å². The summed E-state index contributed by atoms with van der Waals surface area (Å²) in [7, 11) is -3.46. The first-order chi connectivity index (χ1) is 15.3. The second-order valence-corrected chi connectivity index (χ2v) is 11.8. The Bertz CT molecular complexity index is 1310. The van der Waals surface area contributed by atoms with E-state index in [0.29, 0.717) is 16.6 Å². The highest BCUT2D eigenvalue weighted by molar-refractivity contribution is 7.91. The molecule has 1 saturated heterocycles. The van der Waals surface area contributed by atoms with Crippen LogP contribution in [0.25, 0.3) is 11.1 Å². The third-order valence-corrected chi connectivity index (χ3v) is 8.60. The molecule has 3 aliphatic rings. The summed E-state index contributed by atoms with van der Waals surface area (Å²) in [6, 6.07) is 8.83. The van der Waals surface area contributed by atoms with Crippen molar-refractivity contribution in [3.05, 3.63) is 41.1 Å². The molecule has 2 aromatic heterocycles. The molecule has 0 unspecified atom stereocenters. The van der Waals surface area contributed by atoms with Crippen LogP contribution in [0.1, 0.15) is 36.2 Å². The second-order valence-electron chi connectivity index (χ2n) is 9.39. The number of oxazole rings is 1. The van der Waals surface area contributed by atoms with E-state index in [0.717, 1.165) is 44.3 Å². The van der Waals surface area contributed by atoms with Gasteiger partial charge < -0.3 is 19.1 Å². The Morgan fingerprint density at radius 2 is 1.97 bits per heavy atom. The molecular formula is C22H22ClN3O5S. The second kappa shape index (κ2) is 6.99. The maximum Gasteiger partial charge on any atom is 0.298 e. The number of benzene rings is 1. The Morgan fingerprint density at radius 3 is 2.72 bits per heavy atom. The zero-order valence-corrected chi connectivity index (χ0v) is 18.8. The number of halogens is 1. The zero-order valence-electron chi connectivity index (χ0n) is 17.2. The maximum absolute atomic E-state index is 12.5. The average molecular weight is 476 g/mol. The molecule has 1 N–H and O–H groups in total. The Balaban J connectivity index is 1.03. The van der Waals surface area contributed by atoms with E-state index in [1.54, 1.807) is 12.1 Å². The van der Waals surface area contributed by atoms with Gasteiger partial charge in [0.2, 0.25) is 14.9 Å². The van der Waals surface area contributed by atoms with E-state index in [4.69, 9.17) is 20.4 Å². The van der Waals surface area contributed by atoms with Gasteiger partial charge in [-0.2, -0.15) is 4.98 Å². The molecule has 1 aromatic carbocycles. The number of hydrogen-bond acceptors (Lipinski definition) is 7. The molecule has 3 aromatic rings. The average Bonchev–Trinajstić information content (AvgIpc) is 3.18. The smallest absolute Gasteiger partial charge is 0.298 e. The molecule has 0 radical (unpaired) electrons. The molecule has 0 bridgehead atoms. The SMILES string of the molecule is O=C(NC1CC2(C1)CN(c1nc3cc(Cl)ccc3o1)C2)c1ccc(S(=O)(=O)CC2CC2)o1. The van der Waals surface area contributed by atoms with Crippen molar-refractivity contribution in [1.82, 2.24) is 10.3 Å². The minimum Gasteiger partial charge on any atom is -0.440 e. The first-order valence-electron chi connectivity index (χ1n) is 10.7. The van der Waals surface area contributed by atoms with Crippen molar-refractivity contribution in [3.8, 4) is 0 Å². The van der Waals surface area contributed by atoms with E-state index in [-0.39, 0.29) is 39.9 Å². The number of carbonyl (C=O) groups excluding carboxylic acids is 1. The molecule has 3 heterocycles. The largest absolute Gasteiger partial charge is 0.440 e. The van der Waals surface area contributed by atoms with Gasteiger partial charge >= 0.3 is 0 Å². The molecule has 1 amide bonds. The Kier molecular flexibility index (Phi) is 4.39. The molecule has 6 rings (SSSR count). The Hall–Kier alpha value is -2.52. The fourth-order valence-electron chi connectivity index (χ4n) is 4.81. The van der Waals surface area contributed by atoms with Gasteiger partial charge in [0.1, 0.15) is 5.52 Å². The van der Waals surface area contributed by atoms with Crippen molar-refractivity contribution >= 4 is 44.5 Å². The van der Waals surface area contributed by atoms with E-state index in [1.165, 1.54) is 12.1 Å². The normalized spacial score (nSPS) is 20.3. The van der Waals surface area contributed by atoms with Crippen molar-refractivity contribution in [3.63, 3.8) is 0 Å². The topological polar surface area (TPSA) is 106 Å². The van der Waals surface area contributed by atoms with Crippen LogP contribution in [0.5, 0.6) is 0 Å². The maximum atomic E-state index is 12.5. The van der Waals surface area contributed by atoms with Crippen LogP contribution in [0.4, 0.5) is 6.01 Å². The van der Waals surface area contributed by atoms with Crippen molar-refractivity contribution in [2.75, 3.05) is 23.7 Å². The molecule has 8 nitrogen and oxygen atoms in total. The van der Waals surface area contributed by atoms with Crippen LogP contribution in [0, 0.1) is 11.3 Å². The molecule has 1 spiro atoms. The molecule has 32 heavy (non-hydrogen) atoms. The molecule has 0 atom stereocenters. The van der Waals surface area contributed by atoms with Gasteiger partial charge in [-0.3, -0.25) is 4.79 Å². The highest BCUT2D eigenvalue weighted by Crippen LogP contribution is 2.49. The van der Waals surface area contributed by atoms with E-state index in [1.807, 2.05) is 6.07 Å². The summed E-state index contributed by atoms with van der Waals surface area (Å²) in [6.45, 7) is 1.65. The van der Waals surface area contributed by atoms with Crippen LogP contribution in [0.3, 0.4) is 0 Å². The van der Waals surface area contributed by atoms with E-state index >= 15 is 0 Å². The van der Waals surface area contributed by atoms with Gasteiger partial charge in [0, 0.05) is 29.6 Å². The lowest BCUT2D eigenvalue weighted by Crippen LogP contribution is -2.66. The summed E-state index contributed by atoms with van der Waals surface area (Å²) in [5.74, 6) is -0.00958. The summed E-state index contributed by atoms with van der Waals surface area (Å²) < 4.78 is 35.8. The summed E-state index contributed by atoms with van der Waals surface area (Å²) in [5.41, 5.74) is 1.60. The van der Waals surface area contributed by atoms with Gasteiger partial charge in [-0.1, -0.05) is 11.6 Å². The third kappa shape index (κ3) is 3.57. The van der Waals surface area contributed by atoms with Crippen LogP contribution in [-0.4, -0.2) is 44.2 Å². The van der Waals surface area contributed by atoms with Gasteiger partial charge in [0.15, 0.2) is 11.3 Å². The van der Waals surface area contributed by atoms with E-state index in [2.05, 4.69) is 15.2 Å².